The predicted octanol–water partition coefficient (Wildman–Crippen LogP) is 5.14. The second-order valence-corrected chi connectivity index (χ2v) is 9.48. The van der Waals surface area contributed by atoms with Gasteiger partial charge in [-0.2, -0.15) is 9.13 Å². The molecule has 0 N–H and O–H groups in total. The first-order chi connectivity index (χ1) is 16.8. The zero-order valence-electron chi connectivity index (χ0n) is 18.5. The van der Waals surface area contributed by atoms with Gasteiger partial charge in [0.15, 0.2) is 28.9 Å². The Morgan fingerprint density at radius 1 is 0.824 bits per heavy atom. The summed E-state index contributed by atoms with van der Waals surface area (Å²) >= 11 is 0. The van der Waals surface area contributed by atoms with Crippen LogP contribution in [0.3, 0.4) is 0 Å². The van der Waals surface area contributed by atoms with Crippen molar-refractivity contribution in [2.45, 2.75) is 5.54 Å². The van der Waals surface area contributed by atoms with Gasteiger partial charge in [-0.15, -0.1) is 0 Å². The van der Waals surface area contributed by atoms with Crippen molar-refractivity contribution in [2.24, 2.45) is 7.05 Å². The number of hydrogen-bond acceptors (Lipinski definition) is 1. The molecular formula is C30H19N3O+2. The zero-order chi connectivity index (χ0) is 22.2. The van der Waals surface area contributed by atoms with Gasteiger partial charge in [0, 0.05) is 17.5 Å². The van der Waals surface area contributed by atoms with Crippen molar-refractivity contribution < 1.29 is 13.9 Å². The lowest BCUT2D eigenvalue weighted by Gasteiger charge is -2.21. The van der Waals surface area contributed by atoms with Gasteiger partial charge in [0.05, 0.1) is 23.7 Å². The van der Waals surface area contributed by atoms with Gasteiger partial charge in [-0.25, -0.2) is 4.57 Å². The molecule has 0 saturated carbocycles. The van der Waals surface area contributed by atoms with E-state index in [2.05, 4.69) is 118 Å². The van der Waals surface area contributed by atoms with Gasteiger partial charge in [-0.3, -0.25) is 0 Å². The summed E-state index contributed by atoms with van der Waals surface area (Å²) in [6.07, 6.45) is 2.24. The van der Waals surface area contributed by atoms with E-state index in [4.69, 9.17) is 4.74 Å². The van der Waals surface area contributed by atoms with E-state index in [1.165, 1.54) is 39.1 Å². The Morgan fingerprint density at radius 2 is 1.68 bits per heavy atom. The Kier molecular flexibility index (Phi) is 2.70. The molecule has 6 aromatic rings. The third-order valence-electron chi connectivity index (χ3n) is 8.03. The van der Waals surface area contributed by atoms with Crippen LogP contribution in [-0.4, -0.2) is 4.57 Å². The molecule has 34 heavy (non-hydrogen) atoms. The maximum atomic E-state index is 6.73. The van der Waals surface area contributed by atoms with Crippen molar-refractivity contribution in [2.75, 3.05) is 0 Å². The first-order valence-corrected chi connectivity index (χ1v) is 11.7. The van der Waals surface area contributed by atoms with Gasteiger partial charge in [0.1, 0.15) is 0 Å². The number of benzene rings is 4. The van der Waals surface area contributed by atoms with Crippen molar-refractivity contribution in [3.63, 3.8) is 0 Å². The van der Waals surface area contributed by atoms with E-state index in [0.29, 0.717) is 0 Å². The summed E-state index contributed by atoms with van der Waals surface area (Å²) in [5, 5.41) is 2.34. The summed E-state index contributed by atoms with van der Waals surface area (Å²) in [4.78, 5) is 0. The van der Waals surface area contributed by atoms with Crippen LogP contribution < -0.4 is 13.9 Å². The third kappa shape index (κ3) is 1.59. The highest BCUT2D eigenvalue weighted by Crippen LogP contribution is 2.55. The Labute approximate surface area is 195 Å². The number of aryl methyl sites for hydroxylation is 1. The highest BCUT2D eigenvalue weighted by atomic mass is 16.5. The molecule has 1 unspecified atom stereocenters. The van der Waals surface area contributed by atoms with Crippen molar-refractivity contribution in [1.82, 2.24) is 4.57 Å². The maximum absolute atomic E-state index is 6.73. The van der Waals surface area contributed by atoms with Crippen molar-refractivity contribution in [3.05, 3.63) is 114 Å². The first-order valence-electron chi connectivity index (χ1n) is 11.7. The quantitative estimate of drug-likeness (QED) is 0.301. The Hall–Kier alpha value is -4.44. The lowest BCUT2D eigenvalue weighted by Crippen LogP contribution is -2.57. The average molecular weight is 438 g/mol. The summed E-state index contributed by atoms with van der Waals surface area (Å²) in [6, 6.07) is 32.7. The summed E-state index contributed by atoms with van der Waals surface area (Å²) in [5.41, 5.74) is 8.09. The van der Waals surface area contributed by atoms with E-state index in [1.807, 2.05) is 0 Å². The minimum absolute atomic E-state index is 0.486. The van der Waals surface area contributed by atoms with Crippen LogP contribution in [0.5, 0.6) is 11.5 Å². The Balaban J connectivity index is 1.62. The normalized spacial score (nSPS) is 17.9. The van der Waals surface area contributed by atoms with Crippen molar-refractivity contribution >= 4 is 21.8 Å². The lowest BCUT2D eigenvalue weighted by molar-refractivity contribution is -0.733. The van der Waals surface area contributed by atoms with E-state index in [9.17, 15) is 0 Å². The zero-order valence-corrected chi connectivity index (χ0v) is 18.5. The van der Waals surface area contributed by atoms with E-state index in [-0.39, 0.29) is 0 Å². The summed E-state index contributed by atoms with van der Waals surface area (Å²) in [6.45, 7) is 0. The molecule has 4 nitrogen and oxygen atoms in total. The number of pyridine rings is 1. The molecule has 9 rings (SSSR count). The number of imidazole rings is 1. The molecule has 0 radical (unpaired) electrons. The molecule has 5 heterocycles. The fourth-order valence-corrected chi connectivity index (χ4v) is 6.83. The molecule has 0 bridgehead atoms. The van der Waals surface area contributed by atoms with Crippen LogP contribution in [-0.2, 0) is 12.6 Å². The number of nitrogens with zero attached hydrogens (tertiary/aromatic N) is 3. The molecule has 0 saturated heterocycles. The van der Waals surface area contributed by atoms with Gasteiger partial charge in [-0.05, 0) is 35.7 Å². The Morgan fingerprint density at radius 3 is 2.65 bits per heavy atom. The summed E-state index contributed by atoms with van der Waals surface area (Å²) < 4.78 is 14.0. The highest BCUT2D eigenvalue weighted by molar-refractivity contribution is 5.96. The van der Waals surface area contributed by atoms with E-state index < -0.39 is 5.54 Å². The molecule has 158 valence electrons. The number of fused-ring (bicyclic) bond motifs is 9. The summed E-state index contributed by atoms with van der Waals surface area (Å²) in [5.74, 6) is 3.10. The molecule has 0 aliphatic carbocycles. The average Bonchev–Trinajstić information content (AvgIpc) is 3.47. The molecule has 1 atom stereocenters. The number of aromatic nitrogens is 3. The number of ether oxygens (including phenoxy) is 1. The molecular weight excluding hydrogens is 418 g/mol. The standard InChI is InChI=1S/C30H19N3O/c1-31-24-14-8-15-25-27(24)33-26-22(17-18-9-2-3-10-19(18)28(26)34-25)30(29(31)33)21-12-5-4-11-20(21)23-13-6-7-16-32(23)30/h2-17H,1H3/q+2. The van der Waals surface area contributed by atoms with Gasteiger partial charge in [0.2, 0.25) is 11.2 Å². The SMILES string of the molecule is Cn1c2[n+]3c4c(cccc41)Oc1c-3c(cc3ccccc13)C21c2ccccc2-c2cccc[n+]21. The Bertz CT molecular complexity index is 1870. The largest absolute Gasteiger partial charge is 0.448 e. The highest BCUT2D eigenvalue weighted by Gasteiger charge is 2.68. The fourth-order valence-electron chi connectivity index (χ4n) is 6.83. The predicted molar refractivity (Wildman–Crippen MR) is 129 cm³/mol. The van der Waals surface area contributed by atoms with Gasteiger partial charge >= 0.3 is 11.4 Å². The van der Waals surface area contributed by atoms with Gasteiger partial charge < -0.3 is 4.74 Å². The number of para-hydroxylation sites is 1. The molecule has 4 aromatic carbocycles. The molecule has 1 spiro atoms. The number of hydrogen-bond donors (Lipinski definition) is 0. The van der Waals surface area contributed by atoms with Crippen molar-refractivity contribution in [3.8, 4) is 28.4 Å². The van der Waals surface area contributed by atoms with E-state index in [1.54, 1.807) is 0 Å². The minimum Gasteiger partial charge on any atom is -0.448 e. The molecule has 2 aromatic heterocycles. The van der Waals surface area contributed by atoms with Crippen LogP contribution in [0.1, 0.15) is 17.0 Å². The molecule has 3 aliphatic rings. The van der Waals surface area contributed by atoms with E-state index >= 15 is 0 Å². The fraction of sp³-hybridized carbons (Fsp3) is 0.0667. The van der Waals surface area contributed by atoms with Crippen molar-refractivity contribution in [1.29, 1.82) is 0 Å². The molecule has 4 heteroatoms. The number of rotatable bonds is 0. The van der Waals surface area contributed by atoms with Crippen LogP contribution in [0.25, 0.3) is 38.8 Å². The molecule has 0 amide bonds. The van der Waals surface area contributed by atoms with Crippen LogP contribution in [0.4, 0.5) is 0 Å². The second-order valence-electron chi connectivity index (χ2n) is 9.48. The molecule has 0 fully saturated rings. The first kappa shape index (κ1) is 17.1. The topological polar surface area (TPSA) is 21.9 Å². The van der Waals surface area contributed by atoms with Gasteiger partial charge in [0.25, 0.3) is 0 Å². The third-order valence-corrected chi connectivity index (χ3v) is 8.03. The van der Waals surface area contributed by atoms with Crippen LogP contribution >= 0.6 is 0 Å². The van der Waals surface area contributed by atoms with Gasteiger partial charge in [-0.1, -0.05) is 48.5 Å². The smallest absolute Gasteiger partial charge is 0.346 e. The molecule has 3 aliphatic heterocycles. The maximum Gasteiger partial charge on any atom is 0.346 e. The van der Waals surface area contributed by atoms with E-state index in [0.717, 1.165) is 28.1 Å². The lowest BCUT2D eigenvalue weighted by atomic mass is 9.82. The van der Waals surface area contributed by atoms with Crippen LogP contribution in [0.15, 0.2) is 97.2 Å². The van der Waals surface area contributed by atoms with Crippen LogP contribution in [0, 0.1) is 0 Å². The summed E-state index contributed by atoms with van der Waals surface area (Å²) in [7, 11) is 2.19. The minimum atomic E-state index is -0.486. The second kappa shape index (κ2) is 5.37. The van der Waals surface area contributed by atoms with Crippen LogP contribution in [0.2, 0.25) is 0 Å². The monoisotopic (exact) mass is 437 g/mol.